The summed E-state index contributed by atoms with van der Waals surface area (Å²) in [5, 5.41) is 9.64. The van der Waals surface area contributed by atoms with Gasteiger partial charge in [0.2, 0.25) is 5.91 Å². The lowest BCUT2D eigenvalue weighted by Gasteiger charge is -2.33. The summed E-state index contributed by atoms with van der Waals surface area (Å²) in [6, 6.07) is 9.52. The van der Waals surface area contributed by atoms with Crippen LogP contribution in [0, 0.1) is 11.8 Å². The molecule has 1 aromatic carbocycles. The van der Waals surface area contributed by atoms with Crippen molar-refractivity contribution >= 4 is 11.9 Å². The monoisotopic (exact) mass is 339 g/mol. The number of carboxylic acid groups (broad SMARTS) is 1. The third-order valence-corrected chi connectivity index (χ3v) is 5.55. The van der Waals surface area contributed by atoms with E-state index in [1.807, 2.05) is 43.3 Å². The number of aliphatic carboxylic acids is 1. The van der Waals surface area contributed by atoms with Crippen molar-refractivity contribution < 1.29 is 19.4 Å². The van der Waals surface area contributed by atoms with E-state index in [-0.39, 0.29) is 11.9 Å². The molecule has 3 aliphatic rings. The van der Waals surface area contributed by atoms with E-state index < -0.39 is 29.5 Å². The Hall–Kier alpha value is -2.40. The predicted molar refractivity (Wildman–Crippen MR) is 91.6 cm³/mol. The van der Waals surface area contributed by atoms with Crippen LogP contribution < -0.4 is 0 Å². The summed E-state index contributed by atoms with van der Waals surface area (Å²) in [6.45, 7) is 6.37. The molecule has 3 heterocycles. The van der Waals surface area contributed by atoms with Crippen molar-refractivity contribution in [1.29, 1.82) is 0 Å². The number of likely N-dealkylation sites (tertiary alicyclic amines) is 1. The van der Waals surface area contributed by atoms with Crippen molar-refractivity contribution in [2.45, 2.75) is 37.6 Å². The quantitative estimate of drug-likeness (QED) is 0.837. The van der Waals surface area contributed by atoms with Gasteiger partial charge in [0, 0.05) is 6.54 Å². The molecule has 2 saturated heterocycles. The standard InChI is InChI=1S/C20H21NO4/c1-12(2)10-15-20-9-8-14(25-20)16(19(23)24)17(20)18(22)21(15)11-13-6-4-3-5-7-13/h3-9,14-17H,1,10-11H2,2H3,(H,23,24)/t14-,15-,16+,17-,20+/m0/s1. The minimum absolute atomic E-state index is 0.130. The second kappa shape index (κ2) is 5.56. The molecule has 3 aliphatic heterocycles. The van der Waals surface area contributed by atoms with Crippen LogP contribution in [-0.2, 0) is 20.9 Å². The first kappa shape index (κ1) is 16.1. The number of rotatable bonds is 5. The van der Waals surface area contributed by atoms with E-state index in [4.69, 9.17) is 4.74 Å². The molecule has 1 aromatic rings. The molecular weight excluding hydrogens is 318 g/mol. The summed E-state index contributed by atoms with van der Waals surface area (Å²) < 4.78 is 6.11. The molecule has 5 atom stereocenters. The molecule has 1 amide bonds. The van der Waals surface area contributed by atoms with Crippen LogP contribution in [0.25, 0.3) is 0 Å². The highest BCUT2D eigenvalue weighted by Gasteiger charge is 2.70. The Kier molecular flexibility index (Phi) is 3.58. The van der Waals surface area contributed by atoms with Gasteiger partial charge in [-0.25, -0.2) is 0 Å². The number of hydrogen-bond acceptors (Lipinski definition) is 3. The van der Waals surface area contributed by atoms with E-state index in [1.54, 1.807) is 11.0 Å². The molecule has 1 spiro atoms. The zero-order valence-corrected chi connectivity index (χ0v) is 14.1. The van der Waals surface area contributed by atoms with E-state index in [0.29, 0.717) is 13.0 Å². The fourth-order valence-electron chi connectivity index (χ4n) is 4.57. The molecule has 0 aromatic heterocycles. The number of benzene rings is 1. The zero-order valence-electron chi connectivity index (χ0n) is 14.1. The summed E-state index contributed by atoms with van der Waals surface area (Å²) in [6.07, 6.45) is 3.80. The molecule has 0 radical (unpaired) electrons. The Labute approximate surface area is 146 Å². The summed E-state index contributed by atoms with van der Waals surface area (Å²) in [5.41, 5.74) is 1.12. The van der Waals surface area contributed by atoms with Crippen molar-refractivity contribution in [2.24, 2.45) is 11.8 Å². The molecule has 0 unspecified atom stereocenters. The summed E-state index contributed by atoms with van der Waals surface area (Å²) in [5.74, 6) is -2.57. The van der Waals surface area contributed by atoms with Gasteiger partial charge in [-0.05, 0) is 18.9 Å². The molecule has 2 bridgehead atoms. The third-order valence-electron chi connectivity index (χ3n) is 5.55. The van der Waals surface area contributed by atoms with Crippen molar-refractivity contribution in [3.05, 3.63) is 60.2 Å². The molecule has 130 valence electrons. The van der Waals surface area contributed by atoms with Gasteiger partial charge in [0.25, 0.3) is 0 Å². The van der Waals surface area contributed by atoms with Gasteiger partial charge in [0.05, 0.1) is 18.1 Å². The maximum absolute atomic E-state index is 13.2. The van der Waals surface area contributed by atoms with E-state index in [1.165, 1.54) is 0 Å². The average molecular weight is 339 g/mol. The largest absolute Gasteiger partial charge is 0.481 e. The Morgan fingerprint density at radius 3 is 2.72 bits per heavy atom. The normalized spacial score (nSPS) is 35.2. The SMILES string of the molecule is C=C(C)C[C@@H]1N(Cc2ccccc2)C(=O)[C@@H]2[C@H](C(=O)O)[C@@H]3C=C[C@]21O3. The number of nitrogens with zero attached hydrogens (tertiary/aromatic N) is 1. The van der Waals surface area contributed by atoms with Crippen LogP contribution in [0.3, 0.4) is 0 Å². The fraction of sp³-hybridized carbons (Fsp3) is 0.400. The van der Waals surface area contributed by atoms with E-state index in [9.17, 15) is 14.7 Å². The maximum atomic E-state index is 13.2. The molecule has 0 saturated carbocycles. The highest BCUT2D eigenvalue weighted by molar-refractivity contribution is 5.91. The third kappa shape index (κ3) is 2.26. The van der Waals surface area contributed by atoms with E-state index >= 15 is 0 Å². The highest BCUT2D eigenvalue weighted by atomic mass is 16.5. The Morgan fingerprint density at radius 1 is 1.36 bits per heavy atom. The first-order valence-corrected chi connectivity index (χ1v) is 8.53. The Morgan fingerprint density at radius 2 is 2.08 bits per heavy atom. The summed E-state index contributed by atoms with van der Waals surface area (Å²) >= 11 is 0. The van der Waals surface area contributed by atoms with Crippen LogP contribution in [0.5, 0.6) is 0 Å². The second-order valence-corrected chi connectivity index (χ2v) is 7.27. The molecule has 4 rings (SSSR count). The minimum Gasteiger partial charge on any atom is -0.481 e. The Balaban J connectivity index is 1.74. The number of fused-ring (bicyclic) bond motifs is 1. The van der Waals surface area contributed by atoms with Crippen LogP contribution in [0.2, 0.25) is 0 Å². The number of ether oxygens (including phenoxy) is 1. The van der Waals surface area contributed by atoms with Gasteiger partial charge in [-0.2, -0.15) is 0 Å². The van der Waals surface area contributed by atoms with Crippen LogP contribution in [-0.4, -0.2) is 39.6 Å². The van der Waals surface area contributed by atoms with Gasteiger partial charge in [0.1, 0.15) is 11.5 Å². The van der Waals surface area contributed by atoms with Crippen LogP contribution in [0.4, 0.5) is 0 Å². The molecule has 0 aliphatic carbocycles. The van der Waals surface area contributed by atoms with Crippen LogP contribution >= 0.6 is 0 Å². The smallest absolute Gasteiger partial charge is 0.310 e. The lowest BCUT2D eigenvalue weighted by molar-refractivity contribution is -0.148. The number of carboxylic acids is 1. The van der Waals surface area contributed by atoms with Crippen molar-refractivity contribution in [3.8, 4) is 0 Å². The van der Waals surface area contributed by atoms with Crippen molar-refractivity contribution in [2.75, 3.05) is 0 Å². The van der Waals surface area contributed by atoms with Gasteiger partial charge >= 0.3 is 5.97 Å². The first-order chi connectivity index (χ1) is 11.9. The van der Waals surface area contributed by atoms with Crippen LogP contribution in [0.15, 0.2) is 54.6 Å². The Bertz CT molecular complexity index is 771. The second-order valence-electron chi connectivity index (χ2n) is 7.27. The van der Waals surface area contributed by atoms with Crippen LogP contribution in [0.1, 0.15) is 18.9 Å². The van der Waals surface area contributed by atoms with E-state index in [0.717, 1.165) is 11.1 Å². The predicted octanol–water partition coefficient (Wildman–Crippen LogP) is 2.39. The molecule has 1 N–H and O–H groups in total. The molecular formula is C20H21NO4. The number of carbonyl (C=O) groups excluding carboxylic acids is 1. The number of carbonyl (C=O) groups is 2. The van der Waals surface area contributed by atoms with E-state index in [2.05, 4.69) is 6.58 Å². The van der Waals surface area contributed by atoms with Gasteiger partial charge in [-0.15, -0.1) is 6.58 Å². The van der Waals surface area contributed by atoms with Gasteiger partial charge in [0.15, 0.2) is 0 Å². The van der Waals surface area contributed by atoms with Gasteiger partial charge in [-0.3, -0.25) is 9.59 Å². The minimum atomic E-state index is -0.967. The van der Waals surface area contributed by atoms with Gasteiger partial charge in [-0.1, -0.05) is 48.1 Å². The first-order valence-electron chi connectivity index (χ1n) is 8.53. The van der Waals surface area contributed by atoms with Gasteiger partial charge < -0.3 is 14.7 Å². The number of hydrogen-bond donors (Lipinski definition) is 1. The average Bonchev–Trinajstić information content (AvgIpc) is 3.20. The summed E-state index contributed by atoms with van der Waals surface area (Å²) in [7, 11) is 0. The topological polar surface area (TPSA) is 66.8 Å². The molecule has 5 nitrogen and oxygen atoms in total. The zero-order chi connectivity index (χ0) is 17.8. The lowest BCUT2D eigenvalue weighted by Crippen LogP contribution is -2.45. The van der Waals surface area contributed by atoms with Crippen molar-refractivity contribution in [1.82, 2.24) is 4.90 Å². The van der Waals surface area contributed by atoms with Crippen molar-refractivity contribution in [3.63, 3.8) is 0 Å². The highest BCUT2D eigenvalue weighted by Crippen LogP contribution is 2.56. The fourth-order valence-corrected chi connectivity index (χ4v) is 4.57. The number of amides is 1. The summed E-state index contributed by atoms with van der Waals surface area (Å²) in [4.78, 5) is 26.8. The molecule has 25 heavy (non-hydrogen) atoms. The molecule has 5 heteroatoms. The molecule has 2 fully saturated rings. The lowest BCUT2D eigenvalue weighted by atomic mass is 9.74. The maximum Gasteiger partial charge on any atom is 0.310 e.